The molecule has 116 valence electrons. The number of rotatable bonds is 6. The lowest BCUT2D eigenvalue weighted by Gasteiger charge is -2.31. The van der Waals surface area contributed by atoms with Crippen molar-refractivity contribution in [2.45, 2.75) is 32.0 Å². The second kappa shape index (κ2) is 7.54. The zero-order chi connectivity index (χ0) is 15.2. The number of carbonyl (C=O) groups is 1. The van der Waals surface area contributed by atoms with Crippen molar-refractivity contribution in [2.75, 3.05) is 26.2 Å². The second-order valence-electron chi connectivity index (χ2n) is 5.60. The fraction of sp³-hybridized carbons (Fsp3) is 0.562. The lowest BCUT2D eigenvalue weighted by atomic mass is 10.1. The molecule has 0 spiro atoms. The van der Waals surface area contributed by atoms with E-state index in [1.807, 2.05) is 4.90 Å². The molecule has 2 atom stereocenters. The van der Waals surface area contributed by atoms with Gasteiger partial charge in [-0.3, -0.25) is 9.69 Å². The van der Waals surface area contributed by atoms with Crippen LogP contribution in [0.4, 0.5) is 0 Å². The van der Waals surface area contributed by atoms with Crippen LogP contribution in [0, 0.1) is 0 Å². The maximum absolute atomic E-state index is 11.3. The van der Waals surface area contributed by atoms with Crippen molar-refractivity contribution in [3.05, 3.63) is 29.8 Å². The van der Waals surface area contributed by atoms with Crippen LogP contribution in [-0.2, 0) is 0 Å². The molecule has 5 heteroatoms. The number of ketones is 1. The number of β-amino-alcohol motifs (C(OH)–C–C–N with tert-alkyl or cyclic N) is 2. The third kappa shape index (κ3) is 5.12. The van der Waals surface area contributed by atoms with E-state index in [1.165, 1.54) is 6.92 Å². The Labute approximate surface area is 125 Å². The van der Waals surface area contributed by atoms with Crippen molar-refractivity contribution >= 4 is 5.78 Å². The fourth-order valence-corrected chi connectivity index (χ4v) is 2.54. The molecule has 1 fully saturated rings. The number of aliphatic hydroxyl groups is 2. The minimum absolute atomic E-state index is 0.0108. The highest BCUT2D eigenvalue weighted by Crippen LogP contribution is 2.15. The van der Waals surface area contributed by atoms with Gasteiger partial charge in [0.1, 0.15) is 18.5 Å². The standard InChI is InChI=1S/C16H23NO4/c1-12(18)13-4-2-6-16(8-13)21-11-15(20)10-17-7-3-5-14(19)9-17/h2,4,6,8,14-15,19-20H,3,5,7,9-11H2,1H3/t14-,15+/m1/s1. The first-order valence-electron chi connectivity index (χ1n) is 7.37. The molecule has 2 rings (SSSR count). The molecule has 0 bridgehead atoms. The van der Waals surface area contributed by atoms with E-state index in [1.54, 1.807) is 24.3 Å². The Balaban J connectivity index is 1.79. The summed E-state index contributed by atoms with van der Waals surface area (Å²) < 4.78 is 5.54. The molecular weight excluding hydrogens is 270 g/mol. The monoisotopic (exact) mass is 293 g/mol. The van der Waals surface area contributed by atoms with Gasteiger partial charge in [0, 0.05) is 18.7 Å². The van der Waals surface area contributed by atoms with Crippen molar-refractivity contribution in [2.24, 2.45) is 0 Å². The molecular formula is C16H23NO4. The molecule has 1 aromatic carbocycles. The van der Waals surface area contributed by atoms with Crippen LogP contribution in [0.15, 0.2) is 24.3 Å². The largest absolute Gasteiger partial charge is 0.491 e. The van der Waals surface area contributed by atoms with Gasteiger partial charge in [-0.15, -0.1) is 0 Å². The molecule has 0 saturated carbocycles. The van der Waals surface area contributed by atoms with E-state index >= 15 is 0 Å². The van der Waals surface area contributed by atoms with E-state index in [0.29, 0.717) is 24.4 Å². The average Bonchev–Trinajstić information content (AvgIpc) is 2.45. The van der Waals surface area contributed by atoms with Gasteiger partial charge in [-0.05, 0) is 38.4 Å². The van der Waals surface area contributed by atoms with E-state index in [2.05, 4.69) is 0 Å². The molecule has 1 aromatic rings. The SMILES string of the molecule is CC(=O)c1cccc(OC[C@@H](O)CN2CCC[C@@H](O)C2)c1. The van der Waals surface area contributed by atoms with Gasteiger partial charge < -0.3 is 14.9 Å². The van der Waals surface area contributed by atoms with E-state index in [4.69, 9.17) is 4.74 Å². The number of piperidine rings is 1. The molecule has 1 heterocycles. The number of Topliss-reactive ketones (excluding diaryl/α,β-unsaturated/α-hetero) is 1. The molecule has 0 aliphatic carbocycles. The summed E-state index contributed by atoms with van der Waals surface area (Å²) in [5.41, 5.74) is 0.598. The van der Waals surface area contributed by atoms with Crippen LogP contribution in [0.3, 0.4) is 0 Å². The van der Waals surface area contributed by atoms with Gasteiger partial charge in [0.25, 0.3) is 0 Å². The van der Waals surface area contributed by atoms with Gasteiger partial charge in [0.15, 0.2) is 5.78 Å². The maximum atomic E-state index is 11.3. The number of likely N-dealkylation sites (tertiary alicyclic amines) is 1. The summed E-state index contributed by atoms with van der Waals surface area (Å²) >= 11 is 0. The van der Waals surface area contributed by atoms with Crippen LogP contribution in [0.5, 0.6) is 5.75 Å². The zero-order valence-electron chi connectivity index (χ0n) is 12.4. The van der Waals surface area contributed by atoms with Gasteiger partial charge >= 0.3 is 0 Å². The predicted octanol–water partition coefficient (Wildman–Crippen LogP) is 1.09. The third-order valence-electron chi connectivity index (χ3n) is 3.63. The third-order valence-corrected chi connectivity index (χ3v) is 3.63. The summed E-state index contributed by atoms with van der Waals surface area (Å²) in [6, 6.07) is 6.95. The summed E-state index contributed by atoms with van der Waals surface area (Å²) in [6.45, 7) is 3.68. The van der Waals surface area contributed by atoms with E-state index in [9.17, 15) is 15.0 Å². The van der Waals surface area contributed by atoms with Gasteiger partial charge in [0.2, 0.25) is 0 Å². The summed E-state index contributed by atoms with van der Waals surface area (Å²) in [5, 5.41) is 19.6. The Bertz CT molecular complexity index is 477. The van der Waals surface area contributed by atoms with Crippen LogP contribution in [0.2, 0.25) is 0 Å². The quantitative estimate of drug-likeness (QED) is 0.768. The van der Waals surface area contributed by atoms with Crippen LogP contribution in [-0.4, -0.2) is 59.3 Å². The van der Waals surface area contributed by atoms with Crippen LogP contribution < -0.4 is 4.74 Å². The van der Waals surface area contributed by atoms with Gasteiger partial charge in [0.05, 0.1) is 6.10 Å². The van der Waals surface area contributed by atoms with Gasteiger partial charge in [-0.25, -0.2) is 0 Å². The predicted molar refractivity (Wildman–Crippen MR) is 79.6 cm³/mol. The minimum Gasteiger partial charge on any atom is -0.491 e. The highest BCUT2D eigenvalue weighted by molar-refractivity contribution is 5.94. The topological polar surface area (TPSA) is 70.0 Å². The number of benzene rings is 1. The van der Waals surface area contributed by atoms with E-state index in [0.717, 1.165) is 19.4 Å². The zero-order valence-corrected chi connectivity index (χ0v) is 12.4. The van der Waals surface area contributed by atoms with Crippen molar-refractivity contribution in [3.63, 3.8) is 0 Å². The molecule has 0 aromatic heterocycles. The lowest BCUT2D eigenvalue weighted by molar-refractivity contribution is 0.0243. The Morgan fingerprint density at radius 1 is 1.52 bits per heavy atom. The van der Waals surface area contributed by atoms with Crippen LogP contribution in [0.25, 0.3) is 0 Å². The van der Waals surface area contributed by atoms with Crippen molar-refractivity contribution < 1.29 is 19.7 Å². The second-order valence-corrected chi connectivity index (χ2v) is 5.60. The molecule has 2 N–H and O–H groups in total. The Morgan fingerprint density at radius 3 is 3.05 bits per heavy atom. The fourth-order valence-electron chi connectivity index (χ4n) is 2.54. The summed E-state index contributed by atoms with van der Waals surface area (Å²) in [6.07, 6.45) is 0.881. The normalized spacial score (nSPS) is 21.0. The van der Waals surface area contributed by atoms with E-state index < -0.39 is 6.10 Å². The average molecular weight is 293 g/mol. The van der Waals surface area contributed by atoms with Crippen LogP contribution >= 0.6 is 0 Å². The van der Waals surface area contributed by atoms with Gasteiger partial charge in [-0.2, -0.15) is 0 Å². The first-order valence-corrected chi connectivity index (χ1v) is 7.37. The maximum Gasteiger partial charge on any atom is 0.159 e. The van der Waals surface area contributed by atoms with Crippen molar-refractivity contribution in [3.8, 4) is 5.75 Å². The Kier molecular flexibility index (Phi) is 5.73. The van der Waals surface area contributed by atoms with Crippen molar-refractivity contribution in [1.29, 1.82) is 0 Å². The van der Waals surface area contributed by atoms with E-state index in [-0.39, 0.29) is 18.5 Å². The number of carbonyl (C=O) groups excluding carboxylic acids is 1. The number of hydrogen-bond acceptors (Lipinski definition) is 5. The first kappa shape index (κ1) is 15.9. The Morgan fingerprint density at radius 2 is 2.33 bits per heavy atom. The first-order chi connectivity index (χ1) is 10.0. The molecule has 5 nitrogen and oxygen atoms in total. The molecule has 1 aliphatic rings. The smallest absolute Gasteiger partial charge is 0.159 e. The molecule has 0 amide bonds. The lowest BCUT2D eigenvalue weighted by Crippen LogP contribution is -2.43. The number of nitrogens with zero attached hydrogens (tertiary/aromatic N) is 1. The highest BCUT2D eigenvalue weighted by atomic mass is 16.5. The molecule has 0 unspecified atom stereocenters. The molecule has 21 heavy (non-hydrogen) atoms. The highest BCUT2D eigenvalue weighted by Gasteiger charge is 2.20. The van der Waals surface area contributed by atoms with Crippen molar-refractivity contribution in [1.82, 2.24) is 4.90 Å². The number of hydrogen-bond donors (Lipinski definition) is 2. The summed E-state index contributed by atoms with van der Waals surface area (Å²) in [7, 11) is 0. The molecule has 1 aliphatic heterocycles. The Hall–Kier alpha value is -1.43. The molecule has 1 saturated heterocycles. The minimum atomic E-state index is -0.615. The summed E-state index contributed by atoms with van der Waals surface area (Å²) in [4.78, 5) is 13.3. The summed E-state index contributed by atoms with van der Waals surface area (Å²) in [5.74, 6) is 0.573. The van der Waals surface area contributed by atoms with Crippen LogP contribution in [0.1, 0.15) is 30.1 Å². The number of aliphatic hydroxyl groups excluding tert-OH is 2. The number of ether oxygens (including phenoxy) is 1. The molecule has 0 radical (unpaired) electrons. The van der Waals surface area contributed by atoms with Gasteiger partial charge in [-0.1, -0.05) is 12.1 Å².